The van der Waals surface area contributed by atoms with Gasteiger partial charge in [-0.3, -0.25) is 4.79 Å². The number of carbonyl (C=O) groups excluding carboxylic acids is 3. The van der Waals surface area contributed by atoms with E-state index in [-0.39, 0.29) is 17.7 Å². The van der Waals surface area contributed by atoms with Gasteiger partial charge >= 0.3 is 11.9 Å². The van der Waals surface area contributed by atoms with E-state index in [4.69, 9.17) is 9.47 Å². The van der Waals surface area contributed by atoms with Crippen LogP contribution in [-0.4, -0.2) is 31.1 Å². The highest BCUT2D eigenvalue weighted by Crippen LogP contribution is 2.29. The maximum absolute atomic E-state index is 13.5. The highest BCUT2D eigenvalue weighted by molar-refractivity contribution is 7.16. The van der Waals surface area contributed by atoms with Crippen LogP contribution in [0, 0.1) is 5.82 Å². The number of thiophene rings is 1. The van der Waals surface area contributed by atoms with Gasteiger partial charge in [-0.1, -0.05) is 25.1 Å². The molecule has 2 aromatic rings. The zero-order valence-electron chi connectivity index (χ0n) is 15.5. The van der Waals surface area contributed by atoms with Crippen LogP contribution in [0.15, 0.2) is 36.4 Å². The van der Waals surface area contributed by atoms with Gasteiger partial charge in [-0.05, 0) is 31.6 Å². The number of hydrogen-bond donors (Lipinski definition) is 1. The van der Waals surface area contributed by atoms with E-state index in [1.807, 2.05) is 6.92 Å². The molecule has 0 unspecified atom stereocenters. The Morgan fingerprint density at radius 1 is 1.18 bits per heavy atom. The van der Waals surface area contributed by atoms with Crippen molar-refractivity contribution in [2.45, 2.75) is 20.3 Å². The van der Waals surface area contributed by atoms with Gasteiger partial charge in [0.25, 0.3) is 5.91 Å². The lowest BCUT2D eigenvalue weighted by atomic mass is 10.2. The summed E-state index contributed by atoms with van der Waals surface area (Å²) in [5.41, 5.74) is 0.497. The van der Waals surface area contributed by atoms with E-state index in [2.05, 4.69) is 5.32 Å². The van der Waals surface area contributed by atoms with E-state index in [1.165, 1.54) is 35.6 Å². The smallest absolute Gasteiger partial charge is 0.341 e. The fraction of sp³-hybridized carbons (Fsp3) is 0.250. The van der Waals surface area contributed by atoms with E-state index >= 15 is 0 Å². The fourth-order valence-electron chi connectivity index (χ4n) is 2.19. The van der Waals surface area contributed by atoms with E-state index in [9.17, 15) is 18.8 Å². The molecule has 0 aliphatic rings. The summed E-state index contributed by atoms with van der Waals surface area (Å²) in [6, 6.07) is 7.61. The molecule has 1 amide bonds. The summed E-state index contributed by atoms with van der Waals surface area (Å²) >= 11 is 1.26. The molecule has 0 aliphatic carbocycles. The van der Waals surface area contributed by atoms with Gasteiger partial charge in [-0.25, -0.2) is 14.0 Å². The minimum absolute atomic E-state index is 0.218. The maximum Gasteiger partial charge on any atom is 0.341 e. The first-order valence-corrected chi connectivity index (χ1v) is 9.45. The standard InChI is InChI=1S/C20H20FNO5S/c1-3-14-11-15(20(25)26-4-2)19(28-14)22-17(23)12-27-18(24)10-9-13-7-5-6-8-16(13)21/h5-11H,3-4,12H2,1-2H3,(H,22,23)/b10-9+. The molecule has 0 spiro atoms. The molecule has 6 nitrogen and oxygen atoms in total. The van der Waals surface area contributed by atoms with Crippen LogP contribution >= 0.6 is 11.3 Å². The summed E-state index contributed by atoms with van der Waals surface area (Å²) in [4.78, 5) is 36.7. The van der Waals surface area contributed by atoms with Crippen molar-refractivity contribution in [1.29, 1.82) is 0 Å². The van der Waals surface area contributed by atoms with E-state index < -0.39 is 30.3 Å². The van der Waals surface area contributed by atoms with Gasteiger partial charge in [0.1, 0.15) is 10.8 Å². The largest absolute Gasteiger partial charge is 0.462 e. The zero-order chi connectivity index (χ0) is 20.5. The summed E-state index contributed by atoms with van der Waals surface area (Å²) in [5, 5.41) is 2.91. The highest BCUT2D eigenvalue weighted by Gasteiger charge is 2.19. The van der Waals surface area contributed by atoms with E-state index in [1.54, 1.807) is 19.1 Å². The molecule has 8 heteroatoms. The van der Waals surface area contributed by atoms with Crippen LogP contribution in [-0.2, 0) is 25.5 Å². The van der Waals surface area contributed by atoms with Crippen LogP contribution in [0.5, 0.6) is 0 Å². The molecule has 0 saturated heterocycles. The molecule has 1 N–H and O–H groups in total. The van der Waals surface area contributed by atoms with E-state index in [0.717, 1.165) is 11.0 Å². The molecule has 0 aliphatic heterocycles. The van der Waals surface area contributed by atoms with Crippen molar-refractivity contribution in [3.8, 4) is 0 Å². The molecule has 1 heterocycles. The summed E-state index contributed by atoms with van der Waals surface area (Å²) in [6.07, 6.45) is 3.00. The van der Waals surface area contributed by atoms with Crippen LogP contribution in [0.25, 0.3) is 6.08 Å². The third-order valence-corrected chi connectivity index (χ3v) is 4.72. The number of carbonyl (C=O) groups is 3. The number of ether oxygens (including phenoxy) is 2. The van der Waals surface area contributed by atoms with Gasteiger partial charge in [-0.15, -0.1) is 11.3 Å². The second-order valence-electron chi connectivity index (χ2n) is 5.54. The number of halogens is 1. The number of hydrogen-bond acceptors (Lipinski definition) is 6. The monoisotopic (exact) mass is 405 g/mol. The Balaban J connectivity index is 1.93. The summed E-state index contributed by atoms with van der Waals surface area (Å²) in [6.45, 7) is 3.30. The lowest BCUT2D eigenvalue weighted by molar-refractivity contribution is -0.142. The number of anilines is 1. The van der Waals surface area contributed by atoms with Crippen molar-refractivity contribution in [2.24, 2.45) is 0 Å². The molecule has 2 rings (SSSR count). The number of aryl methyl sites for hydroxylation is 1. The van der Waals surface area contributed by atoms with Gasteiger partial charge in [0.05, 0.1) is 12.2 Å². The molecule has 0 radical (unpaired) electrons. The molecule has 0 saturated carbocycles. The topological polar surface area (TPSA) is 81.7 Å². The average molecular weight is 405 g/mol. The van der Waals surface area contributed by atoms with Crippen LogP contribution in [0.4, 0.5) is 9.39 Å². The second kappa shape index (κ2) is 10.4. The third kappa shape index (κ3) is 6.02. The first-order valence-electron chi connectivity index (χ1n) is 8.63. The highest BCUT2D eigenvalue weighted by atomic mass is 32.1. The van der Waals surface area contributed by atoms with Crippen molar-refractivity contribution in [3.63, 3.8) is 0 Å². The zero-order valence-corrected chi connectivity index (χ0v) is 16.3. The Hall–Kier alpha value is -3.00. The molecule has 28 heavy (non-hydrogen) atoms. The fourth-order valence-corrected chi connectivity index (χ4v) is 3.19. The van der Waals surface area contributed by atoms with Crippen LogP contribution in [0.3, 0.4) is 0 Å². The Kier molecular flexibility index (Phi) is 7.88. The Morgan fingerprint density at radius 3 is 2.61 bits per heavy atom. The maximum atomic E-state index is 13.5. The predicted molar refractivity (Wildman–Crippen MR) is 105 cm³/mol. The minimum Gasteiger partial charge on any atom is -0.462 e. The van der Waals surface area contributed by atoms with Crippen molar-refractivity contribution in [3.05, 3.63) is 58.2 Å². The summed E-state index contributed by atoms with van der Waals surface area (Å²) in [5.74, 6) is -2.38. The van der Waals surface area contributed by atoms with Crippen molar-refractivity contribution in [1.82, 2.24) is 0 Å². The van der Waals surface area contributed by atoms with Gasteiger partial charge in [-0.2, -0.15) is 0 Å². The number of rotatable bonds is 8. The van der Waals surface area contributed by atoms with Gasteiger partial charge < -0.3 is 14.8 Å². The molecule has 1 aromatic carbocycles. The SMILES string of the molecule is CCOC(=O)c1cc(CC)sc1NC(=O)COC(=O)/C=C/c1ccccc1F. The second-order valence-corrected chi connectivity index (χ2v) is 6.68. The Labute approximate surface area is 166 Å². The normalized spacial score (nSPS) is 10.7. The van der Waals surface area contributed by atoms with Crippen molar-refractivity contribution >= 4 is 40.3 Å². The van der Waals surface area contributed by atoms with Crippen LogP contribution in [0.1, 0.15) is 34.6 Å². The number of amides is 1. The first-order chi connectivity index (χ1) is 13.4. The lowest BCUT2D eigenvalue weighted by Crippen LogP contribution is -2.21. The predicted octanol–water partition coefficient (Wildman–Crippen LogP) is 3.82. The molecular weight excluding hydrogens is 385 g/mol. The quantitative estimate of drug-likeness (QED) is 0.533. The van der Waals surface area contributed by atoms with Crippen LogP contribution < -0.4 is 5.32 Å². The first kappa shape index (κ1) is 21.3. The summed E-state index contributed by atoms with van der Waals surface area (Å²) in [7, 11) is 0. The van der Waals surface area contributed by atoms with Crippen LogP contribution in [0.2, 0.25) is 0 Å². The van der Waals surface area contributed by atoms with E-state index in [0.29, 0.717) is 11.4 Å². The molecule has 1 aromatic heterocycles. The van der Waals surface area contributed by atoms with Gasteiger partial charge in [0.15, 0.2) is 6.61 Å². The number of benzene rings is 1. The van der Waals surface area contributed by atoms with Crippen molar-refractivity contribution in [2.75, 3.05) is 18.5 Å². The van der Waals surface area contributed by atoms with Crippen molar-refractivity contribution < 1.29 is 28.2 Å². The van der Waals surface area contributed by atoms with Gasteiger partial charge in [0.2, 0.25) is 0 Å². The van der Waals surface area contributed by atoms with Gasteiger partial charge in [0, 0.05) is 16.5 Å². The minimum atomic E-state index is -0.788. The average Bonchev–Trinajstić information content (AvgIpc) is 3.09. The molecule has 148 valence electrons. The summed E-state index contributed by atoms with van der Waals surface area (Å²) < 4.78 is 23.3. The molecular formula is C20H20FNO5S. The Bertz CT molecular complexity index is 890. The third-order valence-electron chi connectivity index (χ3n) is 3.53. The molecule has 0 fully saturated rings. The molecule has 0 atom stereocenters. The number of nitrogens with one attached hydrogen (secondary N) is 1. The Morgan fingerprint density at radius 2 is 1.93 bits per heavy atom. The molecule has 0 bridgehead atoms. The number of esters is 2. The lowest BCUT2D eigenvalue weighted by Gasteiger charge is -2.06.